The van der Waals surface area contributed by atoms with E-state index in [1.54, 1.807) is 0 Å². The van der Waals surface area contributed by atoms with Crippen molar-refractivity contribution in [2.24, 2.45) is 12.8 Å². The van der Waals surface area contributed by atoms with Crippen LogP contribution in [0, 0.1) is 6.92 Å². The third-order valence-corrected chi connectivity index (χ3v) is 4.45. The summed E-state index contributed by atoms with van der Waals surface area (Å²) in [7, 11) is 1.91. The summed E-state index contributed by atoms with van der Waals surface area (Å²) >= 11 is 6.26. The van der Waals surface area contributed by atoms with E-state index in [9.17, 15) is 0 Å². The van der Waals surface area contributed by atoms with Crippen LogP contribution in [0.3, 0.4) is 0 Å². The molecule has 0 aliphatic carbocycles. The fourth-order valence-electron chi connectivity index (χ4n) is 2.57. The largest absolute Gasteiger partial charge is 0.374 e. The molecule has 102 valence electrons. The minimum atomic E-state index is -0.236. The number of hydrogen-bond acceptors (Lipinski definition) is 3. The average Bonchev–Trinajstić information content (AvgIpc) is 2.57. The summed E-state index contributed by atoms with van der Waals surface area (Å²) in [5, 5.41) is 5.05. The van der Waals surface area contributed by atoms with Crippen molar-refractivity contribution >= 4 is 11.6 Å². The Morgan fingerprint density at radius 3 is 2.78 bits per heavy atom. The molecular weight excluding hydrogens is 250 g/mol. The molecule has 4 nitrogen and oxygen atoms in total. The molecule has 1 fully saturated rings. The molecule has 0 saturated carbocycles. The SMILES string of the molecule is Cc1nn(C)c(CC(N)C2(C)CCCCO2)c1Cl. The number of aryl methyl sites for hydroxylation is 2. The first-order chi connectivity index (χ1) is 8.44. The fraction of sp³-hybridized carbons (Fsp3) is 0.769. The number of halogens is 1. The molecule has 2 N–H and O–H groups in total. The summed E-state index contributed by atoms with van der Waals surface area (Å²) in [4.78, 5) is 0. The molecule has 1 aromatic heterocycles. The topological polar surface area (TPSA) is 53.1 Å². The molecule has 2 unspecified atom stereocenters. The first-order valence-corrected chi connectivity index (χ1v) is 6.89. The van der Waals surface area contributed by atoms with E-state index >= 15 is 0 Å². The molecular formula is C13H22ClN3O. The van der Waals surface area contributed by atoms with E-state index in [0.29, 0.717) is 6.42 Å². The van der Waals surface area contributed by atoms with Gasteiger partial charge >= 0.3 is 0 Å². The van der Waals surface area contributed by atoms with Crippen LogP contribution in [0.5, 0.6) is 0 Å². The Kier molecular flexibility index (Phi) is 3.99. The average molecular weight is 272 g/mol. The number of ether oxygens (including phenoxy) is 1. The van der Waals surface area contributed by atoms with Gasteiger partial charge in [-0.25, -0.2) is 0 Å². The summed E-state index contributed by atoms with van der Waals surface area (Å²) < 4.78 is 7.71. The van der Waals surface area contributed by atoms with Gasteiger partial charge in [-0.15, -0.1) is 0 Å². The molecule has 1 aromatic rings. The number of nitrogens with two attached hydrogens (primary N) is 1. The summed E-state index contributed by atoms with van der Waals surface area (Å²) in [5.74, 6) is 0. The second-order valence-corrected chi connectivity index (χ2v) is 5.78. The van der Waals surface area contributed by atoms with Gasteiger partial charge in [0.15, 0.2) is 0 Å². The van der Waals surface area contributed by atoms with Gasteiger partial charge in [-0.3, -0.25) is 4.68 Å². The van der Waals surface area contributed by atoms with Crippen LogP contribution in [0.2, 0.25) is 5.02 Å². The maximum absolute atomic E-state index is 6.34. The minimum Gasteiger partial charge on any atom is -0.374 e. The van der Waals surface area contributed by atoms with Gasteiger partial charge in [0.2, 0.25) is 0 Å². The zero-order chi connectivity index (χ0) is 13.3. The van der Waals surface area contributed by atoms with Gasteiger partial charge < -0.3 is 10.5 Å². The fourth-order valence-corrected chi connectivity index (χ4v) is 2.81. The maximum atomic E-state index is 6.34. The van der Waals surface area contributed by atoms with Gasteiger partial charge in [0.05, 0.1) is 22.0 Å². The molecule has 5 heteroatoms. The first-order valence-electron chi connectivity index (χ1n) is 6.51. The van der Waals surface area contributed by atoms with Crippen LogP contribution < -0.4 is 5.73 Å². The normalized spacial score (nSPS) is 26.3. The molecule has 2 rings (SSSR count). The standard InChI is InChI=1S/C13H22ClN3O/c1-9-12(14)10(17(3)16-9)8-11(15)13(2)6-4-5-7-18-13/h11H,4-8,15H2,1-3H3. The van der Waals surface area contributed by atoms with Crippen LogP contribution in [-0.4, -0.2) is 28.0 Å². The number of rotatable bonds is 3. The van der Waals surface area contributed by atoms with Crippen LogP contribution in [0.25, 0.3) is 0 Å². The van der Waals surface area contributed by atoms with Crippen LogP contribution in [0.1, 0.15) is 37.6 Å². The van der Waals surface area contributed by atoms with Crippen molar-refractivity contribution in [3.63, 3.8) is 0 Å². The molecule has 0 spiro atoms. The lowest BCUT2D eigenvalue weighted by atomic mass is 9.86. The Balaban J connectivity index is 2.13. The van der Waals surface area contributed by atoms with Crippen molar-refractivity contribution in [2.75, 3.05) is 6.61 Å². The maximum Gasteiger partial charge on any atom is 0.0847 e. The van der Waals surface area contributed by atoms with Crippen LogP contribution >= 0.6 is 11.6 Å². The van der Waals surface area contributed by atoms with E-state index in [-0.39, 0.29) is 11.6 Å². The van der Waals surface area contributed by atoms with Crippen molar-refractivity contribution in [3.8, 4) is 0 Å². The van der Waals surface area contributed by atoms with Crippen LogP contribution in [0.4, 0.5) is 0 Å². The summed E-state index contributed by atoms with van der Waals surface area (Å²) in [6.07, 6.45) is 4.03. The highest BCUT2D eigenvalue weighted by atomic mass is 35.5. The third-order valence-electron chi connectivity index (χ3n) is 3.96. The molecule has 2 atom stereocenters. The van der Waals surface area contributed by atoms with Crippen molar-refractivity contribution in [1.82, 2.24) is 9.78 Å². The lowest BCUT2D eigenvalue weighted by molar-refractivity contribution is -0.0810. The Bertz CT molecular complexity index is 424. The molecule has 1 saturated heterocycles. The molecule has 1 aliphatic heterocycles. The van der Waals surface area contributed by atoms with Crippen molar-refractivity contribution in [1.29, 1.82) is 0 Å². The van der Waals surface area contributed by atoms with Gasteiger partial charge in [-0.1, -0.05) is 11.6 Å². The zero-order valence-corrected chi connectivity index (χ0v) is 12.1. The molecule has 18 heavy (non-hydrogen) atoms. The predicted octanol–water partition coefficient (Wildman–Crippen LogP) is 2.21. The Labute approximate surface area is 113 Å². The van der Waals surface area contributed by atoms with Crippen LogP contribution in [0.15, 0.2) is 0 Å². The monoisotopic (exact) mass is 271 g/mol. The highest BCUT2D eigenvalue weighted by Gasteiger charge is 2.35. The van der Waals surface area contributed by atoms with E-state index in [1.165, 1.54) is 6.42 Å². The minimum absolute atomic E-state index is 0.0508. The van der Waals surface area contributed by atoms with Crippen LogP contribution in [-0.2, 0) is 18.2 Å². The van der Waals surface area contributed by atoms with Gasteiger partial charge in [0.1, 0.15) is 0 Å². The second kappa shape index (κ2) is 5.19. The Hall–Kier alpha value is -0.580. The van der Waals surface area contributed by atoms with E-state index in [4.69, 9.17) is 22.1 Å². The van der Waals surface area contributed by atoms with E-state index < -0.39 is 0 Å². The summed E-state index contributed by atoms with van der Waals surface area (Å²) in [5.41, 5.74) is 7.96. The van der Waals surface area contributed by atoms with E-state index in [2.05, 4.69) is 12.0 Å². The number of aromatic nitrogens is 2. The second-order valence-electron chi connectivity index (χ2n) is 5.40. The summed E-state index contributed by atoms with van der Waals surface area (Å²) in [6.45, 7) is 4.83. The number of nitrogens with zero attached hydrogens (tertiary/aromatic N) is 2. The van der Waals surface area contributed by atoms with E-state index in [0.717, 1.165) is 35.9 Å². The molecule has 1 aliphatic rings. The summed E-state index contributed by atoms with van der Waals surface area (Å²) in [6, 6.07) is -0.0508. The van der Waals surface area contributed by atoms with Gasteiger partial charge in [-0.2, -0.15) is 5.10 Å². The molecule has 0 amide bonds. The van der Waals surface area contributed by atoms with Crippen molar-refractivity contribution in [2.45, 2.75) is 51.2 Å². The molecule has 0 bridgehead atoms. The number of hydrogen-bond donors (Lipinski definition) is 1. The molecule has 2 heterocycles. The van der Waals surface area contributed by atoms with Crippen molar-refractivity contribution in [3.05, 3.63) is 16.4 Å². The van der Waals surface area contributed by atoms with Crippen molar-refractivity contribution < 1.29 is 4.74 Å². The predicted molar refractivity (Wildman–Crippen MR) is 72.8 cm³/mol. The third kappa shape index (κ3) is 2.56. The van der Waals surface area contributed by atoms with Gasteiger partial charge in [-0.05, 0) is 33.1 Å². The zero-order valence-electron chi connectivity index (χ0n) is 11.4. The lowest BCUT2D eigenvalue weighted by Crippen LogP contribution is -2.51. The first kappa shape index (κ1) is 13.8. The van der Waals surface area contributed by atoms with Gasteiger partial charge in [0, 0.05) is 26.1 Å². The quantitative estimate of drug-likeness (QED) is 0.917. The Morgan fingerprint density at radius 2 is 2.28 bits per heavy atom. The smallest absolute Gasteiger partial charge is 0.0847 e. The molecule has 0 aromatic carbocycles. The highest BCUT2D eigenvalue weighted by molar-refractivity contribution is 6.31. The van der Waals surface area contributed by atoms with E-state index in [1.807, 2.05) is 18.7 Å². The molecule has 0 radical (unpaired) electrons. The Morgan fingerprint density at radius 1 is 1.56 bits per heavy atom. The highest BCUT2D eigenvalue weighted by Crippen LogP contribution is 2.30. The lowest BCUT2D eigenvalue weighted by Gasteiger charge is -2.38. The van der Waals surface area contributed by atoms with Gasteiger partial charge in [0.25, 0.3) is 0 Å².